The summed E-state index contributed by atoms with van der Waals surface area (Å²) in [6, 6.07) is 8.35. The molecule has 2 aliphatic heterocycles. The molecule has 2 aliphatic rings. The van der Waals surface area contributed by atoms with Crippen LogP contribution in [0.25, 0.3) is 0 Å². The number of ether oxygens (including phenoxy) is 2. The molecule has 1 atom stereocenters. The molecule has 1 aromatic rings. The number of unbranched alkanes of at least 4 members (excludes halogenated alkanes) is 3. The molecule has 0 radical (unpaired) electrons. The van der Waals surface area contributed by atoms with Gasteiger partial charge in [0.05, 0.1) is 19.8 Å². The van der Waals surface area contributed by atoms with Gasteiger partial charge in [-0.2, -0.15) is 0 Å². The molecule has 0 aromatic heterocycles. The predicted octanol–water partition coefficient (Wildman–Crippen LogP) is 7.54. The molecule has 3 heteroatoms. The lowest BCUT2D eigenvalue weighted by Gasteiger charge is -2.41. The molecule has 2 heterocycles. The molecule has 2 saturated heterocycles. The van der Waals surface area contributed by atoms with Crippen LogP contribution in [0.1, 0.15) is 89.5 Å². The highest BCUT2D eigenvalue weighted by Gasteiger charge is 2.38. The van der Waals surface area contributed by atoms with Crippen LogP contribution >= 0.6 is 0 Å². The summed E-state index contributed by atoms with van der Waals surface area (Å²) < 4.78 is 11.7. The minimum absolute atomic E-state index is 0.432. The van der Waals surface area contributed by atoms with Gasteiger partial charge in [-0.05, 0) is 30.5 Å². The van der Waals surface area contributed by atoms with Crippen molar-refractivity contribution in [3.63, 3.8) is 0 Å². The molecule has 0 aliphatic carbocycles. The lowest BCUT2D eigenvalue weighted by molar-refractivity contribution is 0.0306. The van der Waals surface area contributed by atoms with E-state index in [0.29, 0.717) is 6.10 Å². The van der Waals surface area contributed by atoms with Gasteiger partial charge in [-0.15, -0.1) is 0 Å². The first kappa shape index (κ1) is 21.7. The Balaban J connectivity index is 1.50. The first-order valence-electron chi connectivity index (χ1n) is 12.0. The zero-order valence-corrected chi connectivity index (χ0v) is 18.3. The van der Waals surface area contributed by atoms with Crippen molar-refractivity contribution in [1.29, 1.82) is 0 Å². The summed E-state index contributed by atoms with van der Waals surface area (Å²) in [5.74, 6) is 2.97. The summed E-state index contributed by atoms with van der Waals surface area (Å²) in [4.78, 5) is 0. The topological polar surface area (TPSA) is 18.5 Å². The second-order valence-corrected chi connectivity index (χ2v) is 9.25. The number of hydrogen-bond donors (Lipinski definition) is 0. The lowest BCUT2D eigenvalue weighted by atomic mass is 9.25. The van der Waals surface area contributed by atoms with E-state index in [2.05, 4.69) is 19.1 Å². The predicted molar refractivity (Wildman–Crippen MR) is 121 cm³/mol. The van der Waals surface area contributed by atoms with Gasteiger partial charge in [0, 0.05) is 0 Å². The molecule has 1 aromatic carbocycles. The Morgan fingerprint density at radius 2 is 1.61 bits per heavy atom. The highest BCUT2D eigenvalue weighted by molar-refractivity contribution is 6.62. The summed E-state index contributed by atoms with van der Waals surface area (Å²) in [6.45, 7) is 4.02. The highest BCUT2D eigenvalue weighted by atomic mass is 16.5. The van der Waals surface area contributed by atoms with Crippen molar-refractivity contribution in [2.24, 2.45) is 0 Å². The largest absolute Gasteiger partial charge is 0.497 e. The fourth-order valence-electron chi connectivity index (χ4n) is 5.71. The Morgan fingerprint density at radius 3 is 2.21 bits per heavy atom. The maximum atomic E-state index is 6.45. The van der Waals surface area contributed by atoms with Crippen LogP contribution in [0.5, 0.6) is 5.75 Å². The molecule has 3 rings (SSSR count). The fourth-order valence-corrected chi connectivity index (χ4v) is 5.71. The standard InChI is InChI=1S/C25H41BO2/c1-3-4-5-6-13-25(28-20-21-14-16-24(27-2)17-15-21)18-19-26-22-9-7-10-23(26)12-8-11-22/h14-17,22-23,25H,3-13,18-20H2,1-2H3/t22?,23?,25-/m0/s1. The van der Waals surface area contributed by atoms with E-state index in [1.807, 2.05) is 12.1 Å². The van der Waals surface area contributed by atoms with E-state index in [-0.39, 0.29) is 0 Å². The van der Waals surface area contributed by atoms with Crippen molar-refractivity contribution < 1.29 is 9.47 Å². The molecule has 28 heavy (non-hydrogen) atoms. The van der Waals surface area contributed by atoms with Crippen LogP contribution in [0.2, 0.25) is 18.0 Å². The van der Waals surface area contributed by atoms with E-state index in [9.17, 15) is 0 Å². The third-order valence-electron chi connectivity index (χ3n) is 7.36. The molecule has 2 nitrogen and oxygen atoms in total. The summed E-state index contributed by atoms with van der Waals surface area (Å²) >= 11 is 0. The molecule has 156 valence electrons. The van der Waals surface area contributed by atoms with Crippen LogP contribution in [0.4, 0.5) is 0 Å². The second kappa shape index (κ2) is 11.9. The zero-order chi connectivity index (χ0) is 19.6. The SMILES string of the molecule is CCCCCC[C@@H](CCB1C2CCCC1CCC2)OCc1ccc(OC)cc1. The van der Waals surface area contributed by atoms with Crippen LogP contribution in [0, 0.1) is 0 Å². The highest BCUT2D eigenvalue weighted by Crippen LogP contribution is 2.48. The number of fused-ring (bicyclic) bond motifs is 2. The Labute approximate surface area is 173 Å². The van der Waals surface area contributed by atoms with Gasteiger partial charge < -0.3 is 9.47 Å². The Bertz CT molecular complexity index is 522. The van der Waals surface area contributed by atoms with E-state index in [0.717, 1.165) is 30.7 Å². The molecule has 2 fully saturated rings. The quantitative estimate of drug-likeness (QED) is 0.274. The van der Waals surface area contributed by atoms with Crippen molar-refractivity contribution in [3.05, 3.63) is 29.8 Å². The van der Waals surface area contributed by atoms with Crippen LogP contribution in [0.15, 0.2) is 24.3 Å². The van der Waals surface area contributed by atoms with Gasteiger partial charge in [-0.3, -0.25) is 0 Å². The Kier molecular flexibility index (Phi) is 9.25. The molecule has 2 bridgehead atoms. The van der Waals surface area contributed by atoms with E-state index in [1.165, 1.54) is 88.9 Å². The fraction of sp³-hybridized carbons (Fsp3) is 0.760. The van der Waals surface area contributed by atoms with E-state index in [1.54, 1.807) is 7.11 Å². The van der Waals surface area contributed by atoms with Gasteiger partial charge in [-0.25, -0.2) is 0 Å². The van der Waals surface area contributed by atoms with Gasteiger partial charge in [0.2, 0.25) is 0 Å². The van der Waals surface area contributed by atoms with Crippen LogP contribution in [0.3, 0.4) is 0 Å². The minimum Gasteiger partial charge on any atom is -0.497 e. The van der Waals surface area contributed by atoms with Gasteiger partial charge >= 0.3 is 0 Å². The number of benzene rings is 1. The first-order chi connectivity index (χ1) is 13.8. The average molecular weight is 384 g/mol. The number of methoxy groups -OCH3 is 1. The summed E-state index contributed by atoms with van der Waals surface area (Å²) in [7, 11) is 1.72. The molecular formula is C25H41BO2. The first-order valence-corrected chi connectivity index (χ1v) is 12.0. The number of rotatable bonds is 12. The van der Waals surface area contributed by atoms with Gasteiger partial charge in [-0.1, -0.05) is 101 Å². The number of hydrogen-bond acceptors (Lipinski definition) is 2. The van der Waals surface area contributed by atoms with E-state index in [4.69, 9.17) is 9.47 Å². The van der Waals surface area contributed by atoms with Crippen molar-refractivity contribution in [3.8, 4) is 5.75 Å². The van der Waals surface area contributed by atoms with Gasteiger partial charge in [0.1, 0.15) is 12.5 Å². The molecule has 0 amide bonds. The maximum Gasteiger partial charge on any atom is 0.146 e. The average Bonchev–Trinajstić information content (AvgIpc) is 2.72. The maximum absolute atomic E-state index is 6.45. The minimum atomic E-state index is 0.432. The van der Waals surface area contributed by atoms with Crippen LogP contribution in [-0.2, 0) is 11.3 Å². The molecule has 0 spiro atoms. The van der Waals surface area contributed by atoms with Crippen LogP contribution < -0.4 is 4.74 Å². The third-order valence-corrected chi connectivity index (χ3v) is 7.36. The normalized spacial score (nSPS) is 22.9. The monoisotopic (exact) mass is 384 g/mol. The third kappa shape index (κ3) is 6.54. The smallest absolute Gasteiger partial charge is 0.146 e. The molecule has 0 unspecified atom stereocenters. The lowest BCUT2D eigenvalue weighted by Crippen LogP contribution is -2.35. The molecule has 0 saturated carbocycles. The summed E-state index contributed by atoms with van der Waals surface area (Å²) in [5.41, 5.74) is 1.26. The van der Waals surface area contributed by atoms with Crippen LogP contribution in [-0.4, -0.2) is 19.9 Å². The molecule has 0 N–H and O–H groups in total. The summed E-state index contributed by atoms with van der Waals surface area (Å²) in [6.07, 6.45) is 18.6. The zero-order valence-electron chi connectivity index (χ0n) is 18.3. The summed E-state index contributed by atoms with van der Waals surface area (Å²) in [5, 5.41) is 0. The van der Waals surface area contributed by atoms with E-state index >= 15 is 0 Å². The van der Waals surface area contributed by atoms with Gasteiger partial charge in [0.25, 0.3) is 0 Å². The Morgan fingerprint density at radius 1 is 0.929 bits per heavy atom. The van der Waals surface area contributed by atoms with Crippen molar-refractivity contribution >= 4 is 6.71 Å². The van der Waals surface area contributed by atoms with Crippen molar-refractivity contribution in [2.75, 3.05) is 7.11 Å². The molecular weight excluding hydrogens is 343 g/mol. The van der Waals surface area contributed by atoms with Crippen molar-refractivity contribution in [2.45, 2.75) is 115 Å². The second-order valence-electron chi connectivity index (χ2n) is 9.25. The van der Waals surface area contributed by atoms with Gasteiger partial charge in [0.15, 0.2) is 0 Å². The van der Waals surface area contributed by atoms with E-state index < -0.39 is 0 Å². The Hall–Kier alpha value is -0.955. The van der Waals surface area contributed by atoms with Crippen molar-refractivity contribution in [1.82, 2.24) is 0 Å².